The standard InChI is InChI=1S/C17H18N2O2/c1-21-17(20)13-8-6-12(7-9-13)16(14-4-2-10-18-14)15-5-3-11-19-15/h2-11,16-20H,1H3. The van der Waals surface area contributed by atoms with E-state index in [4.69, 9.17) is 4.74 Å². The van der Waals surface area contributed by atoms with Crippen molar-refractivity contribution in [3.8, 4) is 0 Å². The summed E-state index contributed by atoms with van der Waals surface area (Å²) in [5, 5.41) is 9.69. The Morgan fingerprint density at radius 3 is 1.81 bits per heavy atom. The predicted octanol–water partition coefficient (Wildman–Crippen LogP) is 3.16. The van der Waals surface area contributed by atoms with Crippen LogP contribution in [0.1, 0.15) is 34.7 Å². The van der Waals surface area contributed by atoms with Gasteiger partial charge in [0.05, 0.1) is 5.92 Å². The molecule has 0 spiro atoms. The van der Waals surface area contributed by atoms with E-state index in [0.29, 0.717) is 0 Å². The van der Waals surface area contributed by atoms with Crippen LogP contribution in [0.25, 0.3) is 0 Å². The molecule has 1 unspecified atom stereocenters. The Morgan fingerprint density at radius 2 is 1.38 bits per heavy atom. The minimum absolute atomic E-state index is 0.115. The molecule has 0 aliphatic rings. The average Bonchev–Trinajstić information content (AvgIpc) is 3.21. The molecule has 0 amide bonds. The summed E-state index contributed by atoms with van der Waals surface area (Å²) in [5.41, 5.74) is 4.14. The van der Waals surface area contributed by atoms with Crippen LogP contribution in [-0.2, 0) is 4.74 Å². The van der Waals surface area contributed by atoms with E-state index in [1.54, 1.807) is 0 Å². The molecule has 4 heteroatoms. The van der Waals surface area contributed by atoms with Gasteiger partial charge in [-0.15, -0.1) is 0 Å². The van der Waals surface area contributed by atoms with Crippen LogP contribution in [0.3, 0.4) is 0 Å². The van der Waals surface area contributed by atoms with Gasteiger partial charge in [-0.3, -0.25) is 0 Å². The molecule has 2 aromatic heterocycles. The maximum Gasteiger partial charge on any atom is 0.180 e. The van der Waals surface area contributed by atoms with E-state index in [2.05, 4.69) is 22.1 Å². The summed E-state index contributed by atoms with van der Waals surface area (Å²) in [6.07, 6.45) is 2.97. The third kappa shape index (κ3) is 2.77. The quantitative estimate of drug-likeness (QED) is 0.629. The van der Waals surface area contributed by atoms with Crippen molar-refractivity contribution in [2.45, 2.75) is 12.2 Å². The Bertz CT molecular complexity index is 623. The maximum absolute atomic E-state index is 9.69. The molecule has 0 saturated heterocycles. The lowest BCUT2D eigenvalue weighted by molar-refractivity contribution is -0.0769. The Kier molecular flexibility index (Phi) is 3.90. The third-order valence-electron chi connectivity index (χ3n) is 3.64. The largest absolute Gasteiger partial charge is 0.364 e. The summed E-state index contributed by atoms with van der Waals surface area (Å²) >= 11 is 0. The smallest absolute Gasteiger partial charge is 0.180 e. The molecule has 0 aliphatic carbocycles. The molecule has 3 rings (SSSR count). The molecule has 1 atom stereocenters. The molecule has 0 bridgehead atoms. The van der Waals surface area contributed by atoms with Crippen LogP contribution < -0.4 is 0 Å². The van der Waals surface area contributed by atoms with E-state index < -0.39 is 6.29 Å². The first-order valence-corrected chi connectivity index (χ1v) is 6.87. The summed E-state index contributed by atoms with van der Waals surface area (Å²) in [7, 11) is 1.49. The highest BCUT2D eigenvalue weighted by Crippen LogP contribution is 2.30. The van der Waals surface area contributed by atoms with Gasteiger partial charge in [-0.05, 0) is 29.8 Å². The number of hydrogen-bond donors (Lipinski definition) is 3. The average molecular weight is 282 g/mol. The van der Waals surface area contributed by atoms with Gasteiger partial charge in [0.1, 0.15) is 0 Å². The molecule has 21 heavy (non-hydrogen) atoms. The van der Waals surface area contributed by atoms with E-state index in [1.165, 1.54) is 7.11 Å². The van der Waals surface area contributed by atoms with Gasteiger partial charge in [0.15, 0.2) is 6.29 Å². The van der Waals surface area contributed by atoms with Crippen molar-refractivity contribution in [3.05, 3.63) is 83.4 Å². The Morgan fingerprint density at radius 1 is 0.857 bits per heavy atom. The SMILES string of the molecule is COC(O)c1ccc(C(c2ccc[nH]2)c2ccc[nH]2)cc1. The van der Waals surface area contributed by atoms with Crippen molar-refractivity contribution >= 4 is 0 Å². The van der Waals surface area contributed by atoms with Gasteiger partial charge in [0.25, 0.3) is 0 Å². The topological polar surface area (TPSA) is 61.0 Å². The highest BCUT2D eigenvalue weighted by Gasteiger charge is 2.18. The highest BCUT2D eigenvalue weighted by atomic mass is 16.6. The molecule has 3 N–H and O–H groups in total. The Balaban J connectivity index is 1.98. The van der Waals surface area contributed by atoms with Crippen LogP contribution in [0, 0.1) is 0 Å². The number of benzene rings is 1. The zero-order chi connectivity index (χ0) is 14.7. The number of ether oxygens (including phenoxy) is 1. The third-order valence-corrected chi connectivity index (χ3v) is 3.64. The first kappa shape index (κ1) is 13.7. The van der Waals surface area contributed by atoms with E-state index in [1.807, 2.05) is 48.8 Å². The molecule has 3 aromatic rings. The van der Waals surface area contributed by atoms with Crippen molar-refractivity contribution in [3.63, 3.8) is 0 Å². The van der Waals surface area contributed by atoms with Crippen molar-refractivity contribution in [2.75, 3.05) is 7.11 Å². The van der Waals surface area contributed by atoms with Gasteiger partial charge >= 0.3 is 0 Å². The minimum Gasteiger partial charge on any atom is -0.364 e. The van der Waals surface area contributed by atoms with Crippen molar-refractivity contribution in [2.24, 2.45) is 0 Å². The van der Waals surface area contributed by atoms with Crippen LogP contribution in [-0.4, -0.2) is 22.2 Å². The summed E-state index contributed by atoms with van der Waals surface area (Å²) < 4.78 is 4.92. The van der Waals surface area contributed by atoms with Gasteiger partial charge in [-0.2, -0.15) is 0 Å². The van der Waals surface area contributed by atoms with E-state index in [9.17, 15) is 5.11 Å². The lowest BCUT2D eigenvalue weighted by Crippen LogP contribution is -2.05. The Labute approximate surface area is 123 Å². The molecule has 0 aliphatic heterocycles. The van der Waals surface area contributed by atoms with Crippen LogP contribution in [0.4, 0.5) is 0 Å². The fourth-order valence-electron chi connectivity index (χ4n) is 2.56. The fourth-order valence-corrected chi connectivity index (χ4v) is 2.56. The van der Waals surface area contributed by atoms with Crippen molar-refractivity contribution in [1.29, 1.82) is 0 Å². The molecule has 0 fully saturated rings. The predicted molar refractivity (Wildman–Crippen MR) is 80.9 cm³/mol. The molecule has 0 radical (unpaired) electrons. The number of aromatic nitrogens is 2. The van der Waals surface area contributed by atoms with Gasteiger partial charge in [-0.1, -0.05) is 24.3 Å². The van der Waals surface area contributed by atoms with Crippen LogP contribution in [0.2, 0.25) is 0 Å². The molecule has 2 heterocycles. The molecule has 0 saturated carbocycles. The summed E-state index contributed by atoms with van der Waals surface area (Å²) in [5.74, 6) is 0.115. The second kappa shape index (κ2) is 5.99. The first-order chi connectivity index (χ1) is 10.3. The lowest BCUT2D eigenvalue weighted by Gasteiger charge is -2.16. The molecule has 4 nitrogen and oxygen atoms in total. The van der Waals surface area contributed by atoms with Crippen molar-refractivity contribution in [1.82, 2.24) is 9.97 Å². The summed E-state index contributed by atoms with van der Waals surface area (Å²) in [4.78, 5) is 6.56. The van der Waals surface area contributed by atoms with Gasteiger partial charge in [0.2, 0.25) is 0 Å². The number of rotatable bonds is 5. The molecule has 1 aromatic carbocycles. The van der Waals surface area contributed by atoms with E-state index >= 15 is 0 Å². The van der Waals surface area contributed by atoms with Crippen molar-refractivity contribution < 1.29 is 9.84 Å². The minimum atomic E-state index is -0.881. The fraction of sp³-hybridized carbons (Fsp3) is 0.176. The second-order valence-electron chi connectivity index (χ2n) is 4.94. The number of nitrogens with one attached hydrogen (secondary N) is 2. The monoisotopic (exact) mass is 282 g/mol. The number of aliphatic hydroxyl groups excluding tert-OH is 1. The lowest BCUT2D eigenvalue weighted by atomic mass is 9.92. The number of methoxy groups -OCH3 is 1. The van der Waals surface area contributed by atoms with Crippen LogP contribution >= 0.6 is 0 Å². The molecule has 108 valence electrons. The number of aliphatic hydroxyl groups is 1. The van der Waals surface area contributed by atoms with Crippen LogP contribution in [0.15, 0.2) is 60.9 Å². The summed E-state index contributed by atoms with van der Waals surface area (Å²) in [6.45, 7) is 0. The van der Waals surface area contributed by atoms with Gasteiger partial charge < -0.3 is 19.8 Å². The first-order valence-electron chi connectivity index (χ1n) is 6.87. The normalized spacial score (nSPS) is 12.7. The Hall–Kier alpha value is -2.30. The van der Waals surface area contributed by atoms with Gasteiger partial charge in [-0.25, -0.2) is 0 Å². The van der Waals surface area contributed by atoms with E-state index in [0.717, 1.165) is 22.5 Å². The number of H-pyrrole nitrogens is 2. The zero-order valence-electron chi connectivity index (χ0n) is 11.8. The highest BCUT2D eigenvalue weighted by molar-refractivity contribution is 5.39. The molecular weight excluding hydrogens is 264 g/mol. The molecular formula is C17H18N2O2. The second-order valence-corrected chi connectivity index (χ2v) is 4.94. The van der Waals surface area contributed by atoms with Gasteiger partial charge in [0, 0.05) is 36.5 Å². The van der Waals surface area contributed by atoms with Crippen LogP contribution in [0.5, 0.6) is 0 Å². The number of aromatic amines is 2. The van der Waals surface area contributed by atoms with E-state index in [-0.39, 0.29) is 5.92 Å². The number of hydrogen-bond acceptors (Lipinski definition) is 2. The summed E-state index contributed by atoms with van der Waals surface area (Å²) in [6, 6.07) is 16.0. The maximum atomic E-state index is 9.69. The zero-order valence-corrected chi connectivity index (χ0v) is 11.8.